The van der Waals surface area contributed by atoms with E-state index in [1.807, 2.05) is 30.3 Å². The van der Waals surface area contributed by atoms with Crippen LogP contribution in [0.1, 0.15) is 37.3 Å². The Labute approximate surface area is 232 Å². The minimum Gasteiger partial charge on any atom is -0.484 e. The number of fused-ring (bicyclic) bond motifs is 13. The molecule has 3 aliphatic rings. The lowest BCUT2D eigenvalue weighted by molar-refractivity contribution is -0.143. The summed E-state index contributed by atoms with van der Waals surface area (Å²) >= 11 is 0. The molecule has 0 spiro atoms. The fourth-order valence-electron chi connectivity index (χ4n) is 4.93. The maximum absolute atomic E-state index is 13.7. The van der Waals surface area contributed by atoms with Crippen LogP contribution in [0, 0.1) is 0 Å². The Balaban J connectivity index is 1.58. The lowest BCUT2D eigenvalue weighted by Crippen LogP contribution is -2.57. The van der Waals surface area contributed by atoms with E-state index in [2.05, 4.69) is 16.0 Å². The van der Waals surface area contributed by atoms with Crippen LogP contribution in [0.3, 0.4) is 0 Å². The highest BCUT2D eigenvalue weighted by Gasteiger charge is 2.38. The van der Waals surface area contributed by atoms with Crippen molar-refractivity contribution >= 4 is 29.6 Å². The lowest BCUT2D eigenvalue weighted by Gasteiger charge is -2.29. The second-order valence-corrected chi connectivity index (χ2v) is 10.1. The molecule has 1 fully saturated rings. The summed E-state index contributed by atoms with van der Waals surface area (Å²) in [6.07, 6.45) is 1.86. The van der Waals surface area contributed by atoms with Crippen LogP contribution < -0.4 is 20.7 Å². The number of benzene rings is 2. The Kier molecular flexibility index (Phi) is 9.36. The highest BCUT2D eigenvalue weighted by Crippen LogP contribution is 2.21. The van der Waals surface area contributed by atoms with Gasteiger partial charge in [0, 0.05) is 13.0 Å². The number of aryl methyl sites for hydroxylation is 1. The number of nitrogens with zero attached hydrogens (tertiary/aromatic N) is 1. The van der Waals surface area contributed by atoms with Crippen molar-refractivity contribution in [2.24, 2.45) is 0 Å². The van der Waals surface area contributed by atoms with Gasteiger partial charge >= 0.3 is 5.97 Å². The number of carbonyl (C=O) groups excluding carboxylic acids is 4. The molecule has 212 valence electrons. The van der Waals surface area contributed by atoms with Crippen molar-refractivity contribution in [3.05, 3.63) is 65.7 Å². The quantitative estimate of drug-likeness (QED) is 0.439. The summed E-state index contributed by atoms with van der Waals surface area (Å²) in [5.41, 5.74) is 1.64. The van der Waals surface area contributed by atoms with Gasteiger partial charge in [0.2, 0.25) is 17.7 Å². The molecule has 0 unspecified atom stereocenters. The molecule has 11 heteroatoms. The number of ether oxygens (including phenoxy) is 1. The summed E-state index contributed by atoms with van der Waals surface area (Å²) in [4.78, 5) is 65.8. The average Bonchev–Trinajstić information content (AvgIpc) is 3.44. The molecule has 40 heavy (non-hydrogen) atoms. The van der Waals surface area contributed by atoms with Gasteiger partial charge in [0.15, 0.2) is 6.61 Å². The molecule has 3 heterocycles. The molecule has 3 aliphatic heterocycles. The molecule has 0 aromatic heterocycles. The topological polar surface area (TPSA) is 154 Å². The van der Waals surface area contributed by atoms with Crippen molar-refractivity contribution in [3.63, 3.8) is 0 Å². The maximum Gasteiger partial charge on any atom is 0.326 e. The Morgan fingerprint density at radius 3 is 2.40 bits per heavy atom. The SMILES string of the molecule is C[C@@H]1NC(=O)[C@@H]2CCCN2C(=O)[C@H](CCc2ccccc2)NC(=O)COc2ccc(cc2)C[C@@H](C(=O)O)NC1=O. The number of carboxylic acid groups (broad SMARTS) is 1. The number of carbonyl (C=O) groups is 5. The predicted molar refractivity (Wildman–Crippen MR) is 144 cm³/mol. The number of nitrogens with one attached hydrogen (secondary N) is 3. The van der Waals surface area contributed by atoms with Gasteiger partial charge in [-0.3, -0.25) is 19.2 Å². The van der Waals surface area contributed by atoms with Crippen molar-refractivity contribution in [1.29, 1.82) is 0 Å². The molecule has 4 N–H and O–H groups in total. The molecule has 4 amide bonds. The van der Waals surface area contributed by atoms with Crippen LogP contribution in [-0.4, -0.2) is 76.9 Å². The van der Waals surface area contributed by atoms with Crippen molar-refractivity contribution in [2.45, 2.75) is 63.2 Å². The van der Waals surface area contributed by atoms with Gasteiger partial charge in [-0.1, -0.05) is 42.5 Å². The molecule has 0 radical (unpaired) electrons. The van der Waals surface area contributed by atoms with Crippen molar-refractivity contribution in [1.82, 2.24) is 20.9 Å². The van der Waals surface area contributed by atoms with E-state index in [0.717, 1.165) is 5.56 Å². The first-order valence-corrected chi connectivity index (χ1v) is 13.4. The monoisotopic (exact) mass is 550 g/mol. The van der Waals surface area contributed by atoms with E-state index in [-0.39, 0.29) is 18.9 Å². The zero-order valence-corrected chi connectivity index (χ0v) is 22.3. The zero-order valence-electron chi connectivity index (χ0n) is 22.3. The minimum absolute atomic E-state index is 0.0104. The van der Waals surface area contributed by atoms with Crippen molar-refractivity contribution in [2.75, 3.05) is 13.2 Å². The molecule has 2 bridgehead atoms. The van der Waals surface area contributed by atoms with Crippen molar-refractivity contribution < 1.29 is 33.8 Å². The highest BCUT2D eigenvalue weighted by molar-refractivity contribution is 5.95. The summed E-state index contributed by atoms with van der Waals surface area (Å²) < 4.78 is 5.60. The lowest BCUT2D eigenvalue weighted by atomic mass is 10.0. The molecule has 5 rings (SSSR count). The Bertz CT molecular complexity index is 1230. The van der Waals surface area contributed by atoms with Crippen LogP contribution in [0.4, 0.5) is 0 Å². The summed E-state index contributed by atoms with van der Waals surface area (Å²) in [6, 6.07) is 12.1. The standard InChI is InChI=1S/C29H34N4O7/c1-18-26(35)32-23(29(38)39)16-20-9-12-21(13-10-20)40-17-25(34)31-22(14-11-19-6-3-2-4-7-19)28(37)33-15-5-8-24(33)27(36)30-18/h2-4,6-7,9-10,12-13,18,22-24H,5,8,11,14-17H2,1H3,(H,30,36)(H,31,34)(H,32,35)(H,38,39)/t18-,22-,23-,24-/m0/s1. The first kappa shape index (κ1) is 28.6. The van der Waals surface area contributed by atoms with E-state index in [1.54, 1.807) is 24.3 Å². The van der Waals surface area contributed by atoms with Crippen LogP contribution in [-0.2, 0) is 36.8 Å². The van der Waals surface area contributed by atoms with Crippen LogP contribution in [0.15, 0.2) is 54.6 Å². The third kappa shape index (κ3) is 7.37. The molecule has 4 atom stereocenters. The van der Waals surface area contributed by atoms with Crippen molar-refractivity contribution in [3.8, 4) is 5.75 Å². The number of amides is 4. The van der Waals surface area contributed by atoms with Gasteiger partial charge in [0.05, 0.1) is 0 Å². The van der Waals surface area contributed by atoms with Gasteiger partial charge in [0.1, 0.15) is 29.9 Å². The van der Waals surface area contributed by atoms with E-state index >= 15 is 0 Å². The van der Waals surface area contributed by atoms with Gasteiger partial charge in [-0.05, 0) is 55.9 Å². The smallest absolute Gasteiger partial charge is 0.326 e. The molecular formula is C29H34N4O7. The van der Waals surface area contributed by atoms with Crippen LogP contribution in [0.25, 0.3) is 0 Å². The van der Waals surface area contributed by atoms with Gasteiger partial charge in [-0.2, -0.15) is 0 Å². The molecule has 2 aromatic rings. The molecule has 11 nitrogen and oxygen atoms in total. The van der Waals surface area contributed by atoms with Crippen LogP contribution in [0.2, 0.25) is 0 Å². The van der Waals surface area contributed by atoms with Crippen LogP contribution >= 0.6 is 0 Å². The van der Waals surface area contributed by atoms with E-state index in [1.165, 1.54) is 11.8 Å². The highest BCUT2D eigenvalue weighted by atomic mass is 16.5. The average molecular weight is 551 g/mol. The molecule has 2 aromatic carbocycles. The van der Waals surface area contributed by atoms with Gasteiger partial charge in [0.25, 0.3) is 5.91 Å². The van der Waals surface area contributed by atoms with E-state index in [4.69, 9.17) is 4.74 Å². The first-order valence-electron chi connectivity index (χ1n) is 13.4. The molecule has 0 saturated carbocycles. The number of hydrogen-bond acceptors (Lipinski definition) is 6. The van der Waals surface area contributed by atoms with E-state index in [9.17, 15) is 29.1 Å². The fourth-order valence-corrected chi connectivity index (χ4v) is 4.93. The normalized spacial score (nSPS) is 24.5. The minimum atomic E-state index is -1.22. The second-order valence-electron chi connectivity index (χ2n) is 10.1. The molecule has 0 aliphatic carbocycles. The second kappa shape index (κ2) is 13.1. The summed E-state index contributed by atoms with van der Waals surface area (Å²) in [5.74, 6) is -2.85. The van der Waals surface area contributed by atoms with E-state index < -0.39 is 47.9 Å². The summed E-state index contributed by atoms with van der Waals surface area (Å²) in [6.45, 7) is 1.47. The third-order valence-corrected chi connectivity index (χ3v) is 7.14. The van der Waals surface area contributed by atoms with Gasteiger partial charge in [-0.25, -0.2) is 4.79 Å². The number of rotatable bonds is 4. The van der Waals surface area contributed by atoms with Gasteiger partial charge < -0.3 is 30.7 Å². The Morgan fingerprint density at radius 1 is 0.975 bits per heavy atom. The molecule has 1 saturated heterocycles. The number of aliphatic carboxylic acids is 1. The predicted octanol–water partition coefficient (Wildman–Crippen LogP) is 0.804. The summed E-state index contributed by atoms with van der Waals surface area (Å²) in [5, 5.41) is 17.5. The molecular weight excluding hydrogens is 516 g/mol. The maximum atomic E-state index is 13.7. The Hall–Kier alpha value is -4.41. The van der Waals surface area contributed by atoms with Crippen LogP contribution in [0.5, 0.6) is 5.75 Å². The largest absolute Gasteiger partial charge is 0.484 e. The van der Waals surface area contributed by atoms with E-state index in [0.29, 0.717) is 43.5 Å². The summed E-state index contributed by atoms with van der Waals surface area (Å²) in [7, 11) is 0. The number of carboxylic acids is 1. The number of hydrogen-bond donors (Lipinski definition) is 4. The Morgan fingerprint density at radius 2 is 1.70 bits per heavy atom. The zero-order chi connectivity index (χ0) is 28.6. The third-order valence-electron chi connectivity index (χ3n) is 7.14. The fraction of sp³-hybridized carbons (Fsp3) is 0.414. The van der Waals surface area contributed by atoms with Gasteiger partial charge in [-0.15, -0.1) is 0 Å². The first-order chi connectivity index (χ1) is 19.2.